The van der Waals surface area contributed by atoms with E-state index in [1.165, 1.54) is 34.9 Å². The molecule has 0 saturated carbocycles. The van der Waals surface area contributed by atoms with Crippen LogP contribution in [0.5, 0.6) is 0 Å². The molecule has 1 aromatic rings. The number of para-hydroxylation sites is 1. The van der Waals surface area contributed by atoms with Gasteiger partial charge in [-0.3, -0.25) is 20.4 Å². The van der Waals surface area contributed by atoms with Crippen LogP contribution < -0.4 is 10.9 Å². The maximum atomic E-state index is 12.7. The predicted molar refractivity (Wildman–Crippen MR) is 72.2 cm³/mol. The summed E-state index contributed by atoms with van der Waals surface area (Å²) < 4.78 is 38.2. The average Bonchev–Trinajstić information content (AvgIpc) is 2.81. The molecule has 114 valence electrons. The Balaban J connectivity index is 1.94. The van der Waals surface area contributed by atoms with Crippen LogP contribution in [-0.2, 0) is 15.8 Å². The summed E-state index contributed by atoms with van der Waals surface area (Å²) >= 11 is 1.38. The van der Waals surface area contributed by atoms with Crippen LogP contribution in [0, 0.1) is 0 Å². The van der Waals surface area contributed by atoms with E-state index in [1.807, 2.05) is 0 Å². The van der Waals surface area contributed by atoms with Crippen LogP contribution in [0.1, 0.15) is 5.56 Å². The monoisotopic (exact) mass is 319 g/mol. The molecule has 2 N–H and O–H groups in total. The van der Waals surface area contributed by atoms with E-state index in [0.717, 1.165) is 6.07 Å². The predicted octanol–water partition coefficient (Wildman–Crippen LogP) is 1.68. The van der Waals surface area contributed by atoms with Crippen molar-refractivity contribution in [1.82, 2.24) is 10.3 Å². The fourth-order valence-corrected chi connectivity index (χ4v) is 2.63. The molecule has 1 aromatic carbocycles. The summed E-state index contributed by atoms with van der Waals surface area (Å²) in [4.78, 5) is 24.3. The summed E-state index contributed by atoms with van der Waals surface area (Å²) in [6.07, 6.45) is -4.52. The molecule has 0 atom stereocenters. The van der Waals surface area contributed by atoms with E-state index in [-0.39, 0.29) is 18.1 Å². The van der Waals surface area contributed by atoms with Crippen LogP contribution in [0.15, 0.2) is 24.3 Å². The maximum absolute atomic E-state index is 12.7. The molecule has 1 aliphatic heterocycles. The van der Waals surface area contributed by atoms with Gasteiger partial charge in [-0.05, 0) is 12.1 Å². The molecule has 0 unspecified atom stereocenters. The van der Waals surface area contributed by atoms with Crippen LogP contribution in [0.25, 0.3) is 0 Å². The number of thioether (sulfide) groups is 1. The molecule has 0 aromatic heterocycles. The van der Waals surface area contributed by atoms with Crippen LogP contribution in [0.2, 0.25) is 0 Å². The Labute approximate surface area is 122 Å². The maximum Gasteiger partial charge on any atom is 0.418 e. The first-order valence-electron chi connectivity index (χ1n) is 5.94. The number of nitrogens with zero attached hydrogens (tertiary/aromatic N) is 1. The highest BCUT2D eigenvalue weighted by atomic mass is 32.2. The van der Waals surface area contributed by atoms with E-state index in [9.17, 15) is 22.8 Å². The first-order chi connectivity index (χ1) is 9.88. The Kier molecular flexibility index (Phi) is 4.61. The smallest absolute Gasteiger partial charge is 0.323 e. The number of hydrogen-bond acceptors (Lipinski definition) is 4. The lowest BCUT2D eigenvalue weighted by atomic mass is 10.2. The van der Waals surface area contributed by atoms with Crippen molar-refractivity contribution in [3.63, 3.8) is 0 Å². The topological polar surface area (TPSA) is 61.4 Å². The standard InChI is InChI=1S/C12H12F3N3O2S/c13-12(14,15)8-3-1-2-4-9(8)16-17-10(19)5-18-7-21-6-11(18)20/h1-4,16H,5-7H2,(H,17,19). The number of hydrogen-bond donors (Lipinski definition) is 2. The summed E-state index contributed by atoms with van der Waals surface area (Å²) in [6, 6.07) is 4.80. The number of benzene rings is 1. The number of carbonyl (C=O) groups excluding carboxylic acids is 2. The average molecular weight is 319 g/mol. The first-order valence-corrected chi connectivity index (χ1v) is 7.10. The van der Waals surface area contributed by atoms with Gasteiger partial charge in [-0.2, -0.15) is 13.2 Å². The van der Waals surface area contributed by atoms with Gasteiger partial charge >= 0.3 is 6.18 Å². The van der Waals surface area contributed by atoms with Gasteiger partial charge in [0.2, 0.25) is 5.91 Å². The fraction of sp³-hybridized carbons (Fsp3) is 0.333. The lowest BCUT2D eigenvalue weighted by Gasteiger charge is -2.17. The number of nitrogens with one attached hydrogen (secondary N) is 2. The zero-order valence-corrected chi connectivity index (χ0v) is 11.6. The molecule has 2 rings (SSSR count). The SMILES string of the molecule is O=C(CN1CSCC1=O)NNc1ccccc1C(F)(F)F. The summed E-state index contributed by atoms with van der Waals surface area (Å²) in [6.45, 7) is -0.187. The third-order valence-electron chi connectivity index (χ3n) is 2.73. The van der Waals surface area contributed by atoms with E-state index >= 15 is 0 Å². The minimum absolute atomic E-state index is 0.161. The highest BCUT2D eigenvalue weighted by Gasteiger charge is 2.33. The van der Waals surface area contributed by atoms with Crippen LogP contribution in [0.4, 0.5) is 18.9 Å². The fourth-order valence-electron chi connectivity index (χ4n) is 1.73. The third kappa shape index (κ3) is 4.03. The van der Waals surface area contributed by atoms with Crippen molar-refractivity contribution in [3.8, 4) is 0 Å². The van der Waals surface area contributed by atoms with Crippen LogP contribution in [0.3, 0.4) is 0 Å². The lowest BCUT2D eigenvalue weighted by molar-refractivity contribution is -0.137. The van der Waals surface area contributed by atoms with E-state index in [2.05, 4.69) is 10.9 Å². The number of anilines is 1. The normalized spacial score (nSPS) is 15.2. The van der Waals surface area contributed by atoms with E-state index in [0.29, 0.717) is 11.6 Å². The molecule has 0 radical (unpaired) electrons. The summed E-state index contributed by atoms with van der Waals surface area (Å²) in [5.41, 5.74) is 3.28. The van der Waals surface area contributed by atoms with Gasteiger partial charge in [0.05, 0.1) is 22.9 Å². The van der Waals surface area contributed by atoms with Crippen molar-refractivity contribution in [2.24, 2.45) is 0 Å². The Morgan fingerprint density at radius 1 is 1.33 bits per heavy atom. The lowest BCUT2D eigenvalue weighted by Crippen LogP contribution is -2.40. The molecule has 1 saturated heterocycles. The van der Waals surface area contributed by atoms with Crippen molar-refractivity contribution in [3.05, 3.63) is 29.8 Å². The molecule has 5 nitrogen and oxygen atoms in total. The van der Waals surface area contributed by atoms with Gasteiger partial charge < -0.3 is 4.90 Å². The van der Waals surface area contributed by atoms with E-state index < -0.39 is 17.6 Å². The second kappa shape index (κ2) is 6.25. The summed E-state index contributed by atoms with van der Waals surface area (Å²) in [5, 5.41) is 0. The number of rotatable bonds is 4. The van der Waals surface area contributed by atoms with Crippen LogP contribution >= 0.6 is 11.8 Å². The van der Waals surface area contributed by atoms with Gasteiger partial charge in [-0.25, -0.2) is 0 Å². The van der Waals surface area contributed by atoms with Gasteiger partial charge in [0.25, 0.3) is 5.91 Å². The highest BCUT2D eigenvalue weighted by Crippen LogP contribution is 2.34. The number of alkyl halides is 3. The minimum atomic E-state index is -4.52. The molecule has 21 heavy (non-hydrogen) atoms. The quantitative estimate of drug-likeness (QED) is 0.829. The van der Waals surface area contributed by atoms with Gasteiger partial charge in [-0.15, -0.1) is 11.8 Å². The molecule has 1 aliphatic rings. The number of amides is 2. The Bertz CT molecular complexity index is 551. The van der Waals surface area contributed by atoms with E-state index in [1.54, 1.807) is 0 Å². The number of hydrazine groups is 1. The number of halogens is 3. The minimum Gasteiger partial charge on any atom is -0.323 e. The Hall–Kier alpha value is -1.90. The van der Waals surface area contributed by atoms with Crippen molar-refractivity contribution >= 4 is 29.3 Å². The molecule has 9 heteroatoms. The Morgan fingerprint density at radius 2 is 2.05 bits per heavy atom. The number of carbonyl (C=O) groups is 2. The molecule has 1 fully saturated rings. The molecular formula is C12H12F3N3O2S. The van der Waals surface area contributed by atoms with Crippen molar-refractivity contribution in [2.75, 3.05) is 23.6 Å². The van der Waals surface area contributed by atoms with Crippen molar-refractivity contribution < 1.29 is 22.8 Å². The zero-order valence-electron chi connectivity index (χ0n) is 10.7. The van der Waals surface area contributed by atoms with E-state index in [4.69, 9.17) is 0 Å². The van der Waals surface area contributed by atoms with Crippen LogP contribution in [-0.4, -0.2) is 34.9 Å². The largest absolute Gasteiger partial charge is 0.418 e. The summed E-state index contributed by atoms with van der Waals surface area (Å²) in [5.74, 6) is -0.0168. The molecular weight excluding hydrogens is 307 g/mol. The van der Waals surface area contributed by atoms with Gasteiger partial charge in [0.1, 0.15) is 6.54 Å². The van der Waals surface area contributed by atoms with Gasteiger partial charge in [0.15, 0.2) is 0 Å². The van der Waals surface area contributed by atoms with Crippen molar-refractivity contribution in [1.29, 1.82) is 0 Å². The molecule has 1 heterocycles. The Morgan fingerprint density at radius 3 is 2.67 bits per heavy atom. The molecule has 2 amide bonds. The van der Waals surface area contributed by atoms with Gasteiger partial charge in [0, 0.05) is 0 Å². The first kappa shape index (κ1) is 15.5. The highest BCUT2D eigenvalue weighted by molar-refractivity contribution is 8.00. The molecule has 0 bridgehead atoms. The zero-order chi connectivity index (χ0) is 15.5. The second-order valence-corrected chi connectivity index (χ2v) is 5.24. The summed E-state index contributed by atoms with van der Waals surface area (Å²) in [7, 11) is 0. The van der Waals surface area contributed by atoms with Crippen molar-refractivity contribution in [2.45, 2.75) is 6.18 Å². The molecule has 0 spiro atoms. The third-order valence-corrected chi connectivity index (χ3v) is 3.67. The van der Waals surface area contributed by atoms with Gasteiger partial charge in [-0.1, -0.05) is 12.1 Å². The second-order valence-electron chi connectivity index (χ2n) is 4.29. The molecule has 0 aliphatic carbocycles.